The predicted octanol–water partition coefficient (Wildman–Crippen LogP) is 7.76. The van der Waals surface area contributed by atoms with Gasteiger partial charge < -0.3 is 14.2 Å². The molecule has 1 aromatic rings. The molecule has 4 rings (SSSR count). The van der Waals surface area contributed by atoms with Gasteiger partial charge in [-0.3, -0.25) is 9.36 Å². The predicted molar refractivity (Wildman–Crippen MR) is 146 cm³/mol. The Bertz CT molecular complexity index is 1010. The lowest BCUT2D eigenvalue weighted by Crippen LogP contribution is -2.50. The standard InChI is InChI=1S/C30H45O5P/c1-29(2,3)26-20-21(24-16-10-11-17-25(24)28(26)32)18-19-27(31)30(22-12-6-7-13-22,23-14-8-9-15-23)36(33,34-4)35-5/h18-20,22-23,32H,6-17H2,1-5H3/b19-18+. The van der Waals surface area contributed by atoms with Crippen LogP contribution in [0.4, 0.5) is 0 Å². The van der Waals surface area contributed by atoms with Crippen LogP contribution in [0.1, 0.15) is 107 Å². The molecular weight excluding hydrogens is 471 g/mol. The van der Waals surface area contributed by atoms with Crippen LogP contribution in [0.3, 0.4) is 0 Å². The minimum absolute atomic E-state index is 0.00218. The average Bonchev–Trinajstić information content (AvgIpc) is 3.59. The number of hydrogen-bond acceptors (Lipinski definition) is 5. The van der Waals surface area contributed by atoms with E-state index in [9.17, 15) is 14.5 Å². The Labute approximate surface area is 217 Å². The van der Waals surface area contributed by atoms with Crippen LogP contribution in [0.15, 0.2) is 12.1 Å². The number of allylic oxidation sites excluding steroid dienone is 1. The summed E-state index contributed by atoms with van der Waals surface area (Å²) in [6, 6.07) is 2.06. The molecule has 1 aromatic carbocycles. The van der Waals surface area contributed by atoms with Gasteiger partial charge in [-0.1, -0.05) is 52.5 Å². The fraction of sp³-hybridized carbons (Fsp3) is 0.700. The summed E-state index contributed by atoms with van der Waals surface area (Å²) in [6.45, 7) is 6.32. The molecule has 0 atom stereocenters. The maximum absolute atomic E-state index is 14.4. The number of carbonyl (C=O) groups is 1. The van der Waals surface area contributed by atoms with E-state index in [0.717, 1.165) is 99.3 Å². The first-order valence-corrected chi connectivity index (χ1v) is 15.5. The van der Waals surface area contributed by atoms with Gasteiger partial charge in [0.05, 0.1) is 0 Å². The minimum atomic E-state index is -3.71. The number of fused-ring (bicyclic) bond motifs is 1. The van der Waals surface area contributed by atoms with E-state index in [1.807, 2.05) is 6.08 Å². The normalized spacial score (nSPS) is 20.4. The van der Waals surface area contributed by atoms with Crippen LogP contribution in [0.5, 0.6) is 5.75 Å². The molecule has 0 aromatic heterocycles. The molecular formula is C30H45O5P. The molecule has 0 radical (unpaired) electrons. The first kappa shape index (κ1) is 27.6. The van der Waals surface area contributed by atoms with Crippen LogP contribution >= 0.6 is 7.60 Å². The third kappa shape index (κ3) is 4.65. The fourth-order valence-electron chi connectivity index (χ4n) is 7.40. The molecule has 5 nitrogen and oxygen atoms in total. The minimum Gasteiger partial charge on any atom is -0.507 e. The second kappa shape index (κ2) is 10.8. The van der Waals surface area contributed by atoms with E-state index in [1.165, 1.54) is 14.2 Å². The van der Waals surface area contributed by atoms with Gasteiger partial charge in [0.25, 0.3) is 0 Å². The molecule has 0 aliphatic heterocycles. The monoisotopic (exact) mass is 516 g/mol. The summed E-state index contributed by atoms with van der Waals surface area (Å²) in [6.07, 6.45) is 15.2. The number of hydrogen-bond donors (Lipinski definition) is 1. The highest BCUT2D eigenvalue weighted by Crippen LogP contribution is 2.69. The Hall–Kier alpha value is -1.42. The summed E-state index contributed by atoms with van der Waals surface area (Å²) < 4.78 is 25.7. The van der Waals surface area contributed by atoms with Crippen molar-refractivity contribution in [3.05, 3.63) is 34.4 Å². The van der Waals surface area contributed by atoms with Crippen LogP contribution in [0, 0.1) is 11.8 Å². The molecule has 0 saturated heterocycles. The Morgan fingerprint density at radius 2 is 1.42 bits per heavy atom. The van der Waals surface area contributed by atoms with E-state index in [4.69, 9.17) is 9.05 Å². The molecule has 0 spiro atoms. The third-order valence-corrected chi connectivity index (χ3v) is 12.0. The number of phenolic OH excluding ortho intramolecular Hbond substituents is 1. The second-order valence-electron chi connectivity index (χ2n) is 12.1. The molecule has 0 amide bonds. The maximum atomic E-state index is 14.4. The van der Waals surface area contributed by atoms with Crippen LogP contribution in [0.25, 0.3) is 6.08 Å². The van der Waals surface area contributed by atoms with Crippen molar-refractivity contribution in [2.24, 2.45) is 11.8 Å². The van der Waals surface area contributed by atoms with E-state index in [1.54, 1.807) is 6.08 Å². The lowest BCUT2D eigenvalue weighted by atomic mass is 9.75. The van der Waals surface area contributed by atoms with Crippen molar-refractivity contribution in [3.8, 4) is 5.75 Å². The van der Waals surface area contributed by atoms with Crippen molar-refractivity contribution < 1.29 is 23.5 Å². The van der Waals surface area contributed by atoms with Crippen molar-refractivity contribution in [1.82, 2.24) is 0 Å². The number of carbonyl (C=O) groups excluding carboxylic acids is 1. The van der Waals surface area contributed by atoms with Gasteiger partial charge in [0.2, 0.25) is 0 Å². The van der Waals surface area contributed by atoms with Gasteiger partial charge in [0.15, 0.2) is 5.78 Å². The fourth-order valence-corrected chi connectivity index (χ4v) is 9.91. The highest BCUT2D eigenvalue weighted by molar-refractivity contribution is 7.57. The SMILES string of the molecule is COP(=O)(OC)C(C(=O)/C=C/c1cc(C(C)(C)C)c(O)c2c1CCCC2)(C1CCCC1)C1CCCC1. The van der Waals surface area contributed by atoms with E-state index >= 15 is 0 Å². The molecule has 2 fully saturated rings. The zero-order valence-electron chi connectivity index (χ0n) is 22.9. The zero-order chi connectivity index (χ0) is 26.1. The van der Waals surface area contributed by atoms with E-state index < -0.39 is 12.8 Å². The topological polar surface area (TPSA) is 72.8 Å². The summed E-state index contributed by atoms with van der Waals surface area (Å²) in [5.74, 6) is 0.309. The van der Waals surface area contributed by atoms with Crippen molar-refractivity contribution in [1.29, 1.82) is 0 Å². The smallest absolute Gasteiger partial charge is 0.344 e. The van der Waals surface area contributed by atoms with Gasteiger partial charge in [0.1, 0.15) is 10.9 Å². The van der Waals surface area contributed by atoms with Crippen molar-refractivity contribution in [2.75, 3.05) is 14.2 Å². The van der Waals surface area contributed by atoms with Gasteiger partial charge in [0, 0.05) is 19.8 Å². The van der Waals surface area contributed by atoms with Gasteiger partial charge in [-0.15, -0.1) is 0 Å². The number of phenols is 1. The van der Waals surface area contributed by atoms with Crippen molar-refractivity contribution in [3.63, 3.8) is 0 Å². The molecule has 0 unspecified atom stereocenters. The number of aromatic hydroxyl groups is 1. The zero-order valence-corrected chi connectivity index (χ0v) is 23.8. The van der Waals surface area contributed by atoms with Crippen LogP contribution < -0.4 is 0 Å². The second-order valence-corrected chi connectivity index (χ2v) is 14.6. The molecule has 0 bridgehead atoms. The summed E-state index contributed by atoms with van der Waals surface area (Å²) in [5.41, 5.74) is 3.86. The number of benzene rings is 1. The quantitative estimate of drug-likeness (QED) is 0.282. The third-order valence-electron chi connectivity index (χ3n) is 9.16. The lowest BCUT2D eigenvalue weighted by Gasteiger charge is -2.44. The Morgan fingerprint density at radius 1 is 0.917 bits per heavy atom. The van der Waals surface area contributed by atoms with Crippen molar-refractivity contribution in [2.45, 2.75) is 108 Å². The lowest BCUT2D eigenvalue weighted by molar-refractivity contribution is -0.120. The molecule has 36 heavy (non-hydrogen) atoms. The summed E-state index contributed by atoms with van der Waals surface area (Å²) in [4.78, 5) is 14.4. The van der Waals surface area contributed by atoms with Crippen LogP contribution in [-0.2, 0) is 36.7 Å². The molecule has 1 N–H and O–H groups in total. The van der Waals surface area contributed by atoms with Gasteiger partial charge in [-0.25, -0.2) is 0 Å². The summed E-state index contributed by atoms with van der Waals surface area (Å²) in [7, 11) is -0.833. The first-order valence-electron chi connectivity index (χ1n) is 13.9. The van der Waals surface area contributed by atoms with E-state index in [-0.39, 0.29) is 23.0 Å². The van der Waals surface area contributed by atoms with Crippen LogP contribution in [-0.4, -0.2) is 30.3 Å². The molecule has 200 valence electrons. The largest absolute Gasteiger partial charge is 0.507 e. The van der Waals surface area contributed by atoms with Crippen LogP contribution in [0.2, 0.25) is 0 Å². The highest BCUT2D eigenvalue weighted by Gasteiger charge is 2.64. The van der Waals surface area contributed by atoms with E-state index in [0.29, 0.717) is 5.75 Å². The molecule has 3 aliphatic rings. The molecule has 6 heteroatoms. The Morgan fingerprint density at radius 3 is 1.89 bits per heavy atom. The number of ketones is 1. The van der Waals surface area contributed by atoms with Gasteiger partial charge >= 0.3 is 7.60 Å². The molecule has 3 aliphatic carbocycles. The van der Waals surface area contributed by atoms with Gasteiger partial charge in [-0.05, 0) is 97.5 Å². The van der Waals surface area contributed by atoms with E-state index in [2.05, 4.69) is 26.8 Å². The molecule has 0 heterocycles. The van der Waals surface area contributed by atoms with Crippen molar-refractivity contribution >= 4 is 19.5 Å². The number of rotatable bonds is 8. The highest BCUT2D eigenvalue weighted by atomic mass is 31.2. The summed E-state index contributed by atoms with van der Waals surface area (Å²) in [5, 5.41) is 9.96. The average molecular weight is 517 g/mol. The molecule has 2 saturated carbocycles. The Kier molecular flexibility index (Phi) is 8.25. The van der Waals surface area contributed by atoms with Gasteiger partial charge in [-0.2, -0.15) is 0 Å². The summed E-state index contributed by atoms with van der Waals surface area (Å²) >= 11 is 0. The maximum Gasteiger partial charge on any atom is 0.344 e. The Balaban J connectivity index is 1.84. The first-order chi connectivity index (χ1) is 17.1.